The van der Waals surface area contributed by atoms with E-state index in [1.54, 1.807) is 11.8 Å². The zero-order chi connectivity index (χ0) is 13.8. The lowest BCUT2D eigenvalue weighted by molar-refractivity contribution is -0.384. The molecule has 6 nitrogen and oxygen atoms in total. The fourth-order valence-corrected chi connectivity index (χ4v) is 3.09. The van der Waals surface area contributed by atoms with Gasteiger partial charge in [0.15, 0.2) is 0 Å². The number of carboxylic acid groups (broad SMARTS) is 1. The van der Waals surface area contributed by atoms with Gasteiger partial charge in [0.2, 0.25) is 0 Å². The van der Waals surface area contributed by atoms with Gasteiger partial charge in [0.25, 0.3) is 5.69 Å². The maximum Gasteiger partial charge on any atom is 0.335 e. The van der Waals surface area contributed by atoms with Crippen LogP contribution in [0.2, 0.25) is 0 Å². The molecule has 1 aliphatic heterocycles. The molecular formula is C12H14N2O4S. The maximum atomic E-state index is 11.0. The molecule has 0 bridgehead atoms. The van der Waals surface area contributed by atoms with Crippen LogP contribution in [-0.2, 0) is 0 Å². The molecular weight excluding hydrogens is 268 g/mol. The lowest BCUT2D eigenvalue weighted by Crippen LogP contribution is -2.26. The van der Waals surface area contributed by atoms with Crippen molar-refractivity contribution in [2.24, 2.45) is 0 Å². The molecule has 19 heavy (non-hydrogen) atoms. The Kier molecular flexibility index (Phi) is 4.26. The summed E-state index contributed by atoms with van der Waals surface area (Å²) in [5.41, 5.74) is 0.259. The largest absolute Gasteiger partial charge is 0.478 e. The van der Waals surface area contributed by atoms with Gasteiger partial charge in [-0.3, -0.25) is 10.1 Å². The van der Waals surface area contributed by atoms with Gasteiger partial charge in [-0.1, -0.05) is 0 Å². The molecule has 1 aromatic carbocycles. The van der Waals surface area contributed by atoms with Gasteiger partial charge in [0.1, 0.15) is 5.69 Å². The Hall–Kier alpha value is -1.76. The highest BCUT2D eigenvalue weighted by Gasteiger charge is 2.20. The minimum absolute atomic E-state index is 0.0524. The van der Waals surface area contributed by atoms with Crippen LogP contribution in [0.5, 0.6) is 0 Å². The second kappa shape index (κ2) is 5.92. The van der Waals surface area contributed by atoms with E-state index in [-0.39, 0.29) is 23.0 Å². The summed E-state index contributed by atoms with van der Waals surface area (Å²) in [7, 11) is 0. The molecule has 1 unspecified atom stereocenters. The number of nitrogens with zero attached hydrogens (tertiary/aromatic N) is 1. The highest BCUT2D eigenvalue weighted by Crippen LogP contribution is 2.28. The van der Waals surface area contributed by atoms with Crippen LogP contribution in [0.1, 0.15) is 23.2 Å². The van der Waals surface area contributed by atoms with Crippen molar-refractivity contribution in [3.05, 3.63) is 33.9 Å². The van der Waals surface area contributed by atoms with Crippen molar-refractivity contribution in [3.63, 3.8) is 0 Å². The van der Waals surface area contributed by atoms with Gasteiger partial charge in [-0.2, -0.15) is 11.8 Å². The van der Waals surface area contributed by atoms with Crippen LogP contribution in [0.4, 0.5) is 11.4 Å². The van der Waals surface area contributed by atoms with Gasteiger partial charge < -0.3 is 10.4 Å². The standard InChI is InChI=1S/C12H14N2O4S/c15-12(16)8-3-4-11(14(17)18)10(6-8)13-9-2-1-5-19-7-9/h3-4,6,9,13H,1-2,5,7H2,(H,15,16). The molecule has 0 radical (unpaired) electrons. The molecule has 2 rings (SSSR count). The third-order valence-electron chi connectivity index (χ3n) is 2.96. The number of rotatable bonds is 4. The molecule has 0 spiro atoms. The van der Waals surface area contributed by atoms with Crippen molar-refractivity contribution in [1.29, 1.82) is 0 Å². The Balaban J connectivity index is 2.26. The average molecular weight is 282 g/mol. The fraction of sp³-hybridized carbons (Fsp3) is 0.417. The quantitative estimate of drug-likeness (QED) is 0.651. The van der Waals surface area contributed by atoms with E-state index in [1.807, 2.05) is 0 Å². The van der Waals surface area contributed by atoms with Crippen LogP contribution in [-0.4, -0.2) is 33.5 Å². The summed E-state index contributed by atoms with van der Waals surface area (Å²) in [5.74, 6) is 0.903. The molecule has 0 amide bonds. The Labute approximate surface area is 114 Å². The Morgan fingerprint density at radius 1 is 1.53 bits per heavy atom. The number of carboxylic acids is 1. The Morgan fingerprint density at radius 3 is 2.89 bits per heavy atom. The van der Waals surface area contributed by atoms with Crippen molar-refractivity contribution < 1.29 is 14.8 Å². The van der Waals surface area contributed by atoms with Gasteiger partial charge in [-0.25, -0.2) is 4.79 Å². The van der Waals surface area contributed by atoms with E-state index < -0.39 is 10.9 Å². The van der Waals surface area contributed by atoms with E-state index in [9.17, 15) is 14.9 Å². The fourth-order valence-electron chi connectivity index (χ4n) is 2.02. The van der Waals surface area contributed by atoms with Crippen molar-refractivity contribution in [3.8, 4) is 0 Å². The Bertz CT molecular complexity index is 501. The molecule has 0 saturated carbocycles. The molecule has 2 N–H and O–H groups in total. The number of carbonyl (C=O) groups is 1. The summed E-state index contributed by atoms with van der Waals surface area (Å²) in [5, 5.41) is 23.0. The number of nitro benzene ring substituents is 1. The first-order valence-corrected chi connectivity index (χ1v) is 7.09. The summed E-state index contributed by atoms with van der Waals surface area (Å²) < 4.78 is 0. The van der Waals surface area contributed by atoms with E-state index in [2.05, 4.69) is 5.32 Å². The highest BCUT2D eigenvalue weighted by atomic mass is 32.2. The number of hydrogen-bond donors (Lipinski definition) is 2. The van der Waals surface area contributed by atoms with E-state index in [0.29, 0.717) is 0 Å². The second-order valence-electron chi connectivity index (χ2n) is 4.35. The molecule has 1 heterocycles. The third-order valence-corrected chi connectivity index (χ3v) is 4.18. The summed E-state index contributed by atoms with van der Waals surface area (Å²) >= 11 is 1.80. The zero-order valence-corrected chi connectivity index (χ0v) is 11.0. The molecule has 1 saturated heterocycles. The predicted octanol–water partition coefficient (Wildman–Crippen LogP) is 2.60. The Morgan fingerprint density at radius 2 is 2.32 bits per heavy atom. The first-order valence-electron chi connectivity index (χ1n) is 5.94. The minimum atomic E-state index is -1.09. The number of nitrogens with one attached hydrogen (secondary N) is 1. The van der Waals surface area contributed by atoms with Crippen molar-refractivity contribution >= 4 is 29.1 Å². The SMILES string of the molecule is O=C(O)c1ccc([N+](=O)[O-])c(NC2CCCSC2)c1. The van der Waals surface area contributed by atoms with Crippen LogP contribution in [0, 0.1) is 10.1 Å². The lowest BCUT2D eigenvalue weighted by atomic mass is 10.1. The zero-order valence-electron chi connectivity index (χ0n) is 10.2. The van der Waals surface area contributed by atoms with Crippen LogP contribution < -0.4 is 5.32 Å². The average Bonchev–Trinajstić information content (AvgIpc) is 2.39. The van der Waals surface area contributed by atoms with E-state index in [4.69, 9.17) is 5.11 Å². The monoisotopic (exact) mass is 282 g/mol. The molecule has 0 aromatic heterocycles. The topological polar surface area (TPSA) is 92.5 Å². The number of benzene rings is 1. The van der Waals surface area contributed by atoms with Crippen LogP contribution in [0.15, 0.2) is 18.2 Å². The van der Waals surface area contributed by atoms with Gasteiger partial charge >= 0.3 is 5.97 Å². The number of thioether (sulfide) groups is 1. The minimum Gasteiger partial charge on any atom is -0.478 e. The smallest absolute Gasteiger partial charge is 0.335 e. The third kappa shape index (κ3) is 3.37. The number of hydrogen-bond acceptors (Lipinski definition) is 5. The number of nitro groups is 1. The number of anilines is 1. The molecule has 1 aromatic rings. The van der Waals surface area contributed by atoms with Gasteiger partial charge in [0, 0.05) is 17.9 Å². The molecule has 1 atom stereocenters. The first-order chi connectivity index (χ1) is 9.08. The second-order valence-corrected chi connectivity index (χ2v) is 5.50. The lowest BCUT2D eigenvalue weighted by Gasteiger charge is -2.23. The molecule has 0 aliphatic carbocycles. The normalized spacial score (nSPS) is 18.8. The number of aromatic carboxylic acids is 1. The summed E-state index contributed by atoms with van der Waals surface area (Å²) in [6.07, 6.45) is 2.01. The van der Waals surface area contributed by atoms with Gasteiger partial charge in [0.05, 0.1) is 10.5 Å². The van der Waals surface area contributed by atoms with E-state index >= 15 is 0 Å². The van der Waals surface area contributed by atoms with Crippen molar-refractivity contribution in [2.75, 3.05) is 16.8 Å². The molecule has 7 heteroatoms. The van der Waals surface area contributed by atoms with Crippen molar-refractivity contribution in [1.82, 2.24) is 0 Å². The predicted molar refractivity (Wildman–Crippen MR) is 74.0 cm³/mol. The molecule has 102 valence electrons. The van der Waals surface area contributed by atoms with E-state index in [0.717, 1.165) is 24.3 Å². The van der Waals surface area contributed by atoms with Crippen LogP contribution >= 0.6 is 11.8 Å². The maximum absolute atomic E-state index is 11.0. The summed E-state index contributed by atoms with van der Waals surface area (Å²) in [6.45, 7) is 0. The van der Waals surface area contributed by atoms with Crippen molar-refractivity contribution in [2.45, 2.75) is 18.9 Å². The summed E-state index contributed by atoms with van der Waals surface area (Å²) in [6, 6.07) is 3.98. The highest BCUT2D eigenvalue weighted by molar-refractivity contribution is 7.99. The first kappa shape index (κ1) is 13.7. The molecule has 1 fully saturated rings. The molecule has 1 aliphatic rings. The van der Waals surface area contributed by atoms with Gasteiger partial charge in [-0.15, -0.1) is 0 Å². The van der Waals surface area contributed by atoms with E-state index in [1.165, 1.54) is 18.2 Å². The van der Waals surface area contributed by atoms with Crippen LogP contribution in [0.3, 0.4) is 0 Å². The summed E-state index contributed by atoms with van der Waals surface area (Å²) in [4.78, 5) is 21.4. The van der Waals surface area contributed by atoms with Gasteiger partial charge in [-0.05, 0) is 30.7 Å². The van der Waals surface area contributed by atoms with Crippen LogP contribution in [0.25, 0.3) is 0 Å².